The molecule has 3 fully saturated rings. The lowest BCUT2D eigenvalue weighted by molar-refractivity contribution is -0.139. The average Bonchev–Trinajstić information content (AvgIpc) is 2.77. The third-order valence-corrected chi connectivity index (χ3v) is 7.63. The maximum Gasteiger partial charge on any atom is 0.159 e. The standard InChI is InChI=1S/C19H26O3/c1-18-7-5-12(20)9-11(18)10-15(21)17-13-3-4-16(22)19(13,2)8-6-14(17)18/h10,12-14,17,20H,3-9H2,1-2H3/t12?,13?,14?,17-,18-,19-/m0/s1. The highest BCUT2D eigenvalue weighted by Gasteiger charge is 2.60. The van der Waals surface area contributed by atoms with Crippen LogP contribution in [0.15, 0.2) is 11.6 Å². The predicted octanol–water partition coefficient (Wildman–Crippen LogP) is 3.06. The molecule has 6 atom stereocenters. The maximum absolute atomic E-state index is 12.9. The van der Waals surface area contributed by atoms with Crippen LogP contribution in [0.4, 0.5) is 0 Å². The molecule has 4 aliphatic carbocycles. The summed E-state index contributed by atoms with van der Waals surface area (Å²) >= 11 is 0. The molecule has 0 radical (unpaired) electrons. The van der Waals surface area contributed by atoms with Crippen molar-refractivity contribution in [3.63, 3.8) is 0 Å². The van der Waals surface area contributed by atoms with E-state index in [9.17, 15) is 14.7 Å². The number of hydrogen-bond acceptors (Lipinski definition) is 3. The Balaban J connectivity index is 1.76. The van der Waals surface area contributed by atoms with Gasteiger partial charge in [0.2, 0.25) is 0 Å². The van der Waals surface area contributed by atoms with Gasteiger partial charge in [-0.1, -0.05) is 19.4 Å². The lowest BCUT2D eigenvalue weighted by Crippen LogP contribution is -2.53. The molecule has 4 aliphatic rings. The summed E-state index contributed by atoms with van der Waals surface area (Å²) in [6, 6.07) is 0. The minimum atomic E-state index is -0.286. The predicted molar refractivity (Wildman–Crippen MR) is 83.1 cm³/mol. The minimum Gasteiger partial charge on any atom is -0.393 e. The van der Waals surface area contributed by atoms with Crippen molar-refractivity contribution in [3.05, 3.63) is 11.6 Å². The van der Waals surface area contributed by atoms with Gasteiger partial charge in [-0.2, -0.15) is 0 Å². The van der Waals surface area contributed by atoms with Crippen molar-refractivity contribution >= 4 is 11.6 Å². The van der Waals surface area contributed by atoms with Gasteiger partial charge in [-0.05, 0) is 61.9 Å². The van der Waals surface area contributed by atoms with Crippen molar-refractivity contribution < 1.29 is 14.7 Å². The van der Waals surface area contributed by atoms with E-state index in [2.05, 4.69) is 13.8 Å². The highest BCUT2D eigenvalue weighted by molar-refractivity contribution is 5.96. The second kappa shape index (κ2) is 4.53. The Morgan fingerprint density at radius 1 is 1.05 bits per heavy atom. The zero-order valence-electron chi connectivity index (χ0n) is 13.6. The Morgan fingerprint density at radius 3 is 2.50 bits per heavy atom. The van der Waals surface area contributed by atoms with Crippen molar-refractivity contribution in [2.75, 3.05) is 0 Å². The van der Waals surface area contributed by atoms with Crippen LogP contribution in [0.25, 0.3) is 0 Å². The molecule has 1 N–H and O–H groups in total. The number of hydrogen-bond donors (Lipinski definition) is 1. The Kier molecular flexibility index (Phi) is 3.01. The first-order chi connectivity index (χ1) is 10.4. The van der Waals surface area contributed by atoms with E-state index in [1.165, 1.54) is 5.57 Å². The molecule has 3 nitrogen and oxygen atoms in total. The molecule has 0 heterocycles. The van der Waals surface area contributed by atoms with Crippen molar-refractivity contribution in [2.45, 2.75) is 64.9 Å². The van der Waals surface area contributed by atoms with Gasteiger partial charge in [-0.25, -0.2) is 0 Å². The van der Waals surface area contributed by atoms with Crippen LogP contribution in [0.2, 0.25) is 0 Å². The number of fused-ring (bicyclic) bond motifs is 5. The monoisotopic (exact) mass is 302 g/mol. The molecule has 3 heteroatoms. The number of ketones is 2. The van der Waals surface area contributed by atoms with Gasteiger partial charge in [0.25, 0.3) is 0 Å². The zero-order chi connectivity index (χ0) is 15.7. The number of aliphatic hydroxyl groups is 1. The van der Waals surface area contributed by atoms with Gasteiger partial charge in [-0.15, -0.1) is 0 Å². The summed E-state index contributed by atoms with van der Waals surface area (Å²) < 4.78 is 0. The molecule has 3 unspecified atom stereocenters. The number of carbonyl (C=O) groups is 2. The average molecular weight is 302 g/mol. The van der Waals surface area contributed by atoms with Crippen LogP contribution in [0, 0.1) is 28.6 Å². The highest BCUT2D eigenvalue weighted by Crippen LogP contribution is 2.63. The first-order valence-electron chi connectivity index (χ1n) is 8.82. The van der Waals surface area contributed by atoms with Gasteiger partial charge < -0.3 is 5.11 Å². The molecule has 0 saturated heterocycles. The Labute approximate surface area is 132 Å². The first kappa shape index (κ1) is 14.6. The molecule has 0 amide bonds. The molecule has 120 valence electrons. The van der Waals surface area contributed by atoms with E-state index >= 15 is 0 Å². The molecular formula is C19H26O3. The van der Waals surface area contributed by atoms with Gasteiger partial charge in [0.15, 0.2) is 5.78 Å². The van der Waals surface area contributed by atoms with Gasteiger partial charge >= 0.3 is 0 Å². The molecule has 22 heavy (non-hydrogen) atoms. The summed E-state index contributed by atoms with van der Waals surface area (Å²) in [6.07, 6.45) is 7.51. The minimum absolute atomic E-state index is 0.0363. The molecule has 3 saturated carbocycles. The quantitative estimate of drug-likeness (QED) is 0.748. The number of aliphatic hydroxyl groups excluding tert-OH is 1. The molecule has 0 spiro atoms. The van der Waals surface area contributed by atoms with E-state index in [0.717, 1.165) is 32.1 Å². The number of rotatable bonds is 0. The summed E-state index contributed by atoms with van der Waals surface area (Å²) in [7, 11) is 0. The molecule has 0 aromatic carbocycles. The molecule has 0 aromatic rings. The number of Topliss-reactive ketones (excluding diaryl/α,β-unsaturated/α-hetero) is 1. The van der Waals surface area contributed by atoms with Crippen molar-refractivity contribution in [2.24, 2.45) is 28.6 Å². The summed E-state index contributed by atoms with van der Waals surface area (Å²) in [4.78, 5) is 25.2. The van der Waals surface area contributed by atoms with Crippen molar-refractivity contribution in [3.8, 4) is 0 Å². The van der Waals surface area contributed by atoms with E-state index in [1.807, 2.05) is 6.08 Å². The molecular weight excluding hydrogens is 276 g/mol. The Morgan fingerprint density at radius 2 is 1.73 bits per heavy atom. The normalized spacial score (nSPS) is 51.0. The van der Waals surface area contributed by atoms with E-state index in [4.69, 9.17) is 0 Å². The lowest BCUT2D eigenvalue weighted by atomic mass is 9.48. The fourth-order valence-corrected chi connectivity index (χ4v) is 6.16. The maximum atomic E-state index is 12.9. The van der Waals surface area contributed by atoms with Crippen molar-refractivity contribution in [1.82, 2.24) is 0 Å². The van der Waals surface area contributed by atoms with Crippen molar-refractivity contribution in [1.29, 1.82) is 0 Å². The van der Waals surface area contributed by atoms with Crippen LogP contribution in [0.3, 0.4) is 0 Å². The van der Waals surface area contributed by atoms with Gasteiger partial charge in [0.1, 0.15) is 5.78 Å². The summed E-state index contributed by atoms with van der Waals surface area (Å²) in [5, 5.41) is 9.97. The van der Waals surface area contributed by atoms with Crippen LogP contribution in [0.5, 0.6) is 0 Å². The van der Waals surface area contributed by atoms with Crippen LogP contribution in [-0.2, 0) is 9.59 Å². The van der Waals surface area contributed by atoms with Crippen LogP contribution >= 0.6 is 0 Å². The molecule has 0 aliphatic heterocycles. The third kappa shape index (κ3) is 1.72. The van der Waals surface area contributed by atoms with Crippen LogP contribution in [-0.4, -0.2) is 22.8 Å². The van der Waals surface area contributed by atoms with E-state index in [-0.39, 0.29) is 34.6 Å². The van der Waals surface area contributed by atoms with Gasteiger partial charge in [0.05, 0.1) is 6.10 Å². The summed E-state index contributed by atoms with van der Waals surface area (Å²) in [5.74, 6) is 1.26. The Bertz CT molecular complexity index is 577. The zero-order valence-corrected chi connectivity index (χ0v) is 13.6. The van der Waals surface area contributed by atoms with E-state index in [1.54, 1.807) is 0 Å². The van der Waals surface area contributed by atoms with E-state index in [0.29, 0.717) is 24.5 Å². The largest absolute Gasteiger partial charge is 0.393 e. The fraction of sp³-hybridized carbons (Fsp3) is 0.789. The van der Waals surface area contributed by atoms with Crippen LogP contribution < -0.4 is 0 Å². The van der Waals surface area contributed by atoms with Gasteiger partial charge in [-0.3, -0.25) is 9.59 Å². The second-order valence-corrected chi connectivity index (χ2v) is 8.54. The highest BCUT2D eigenvalue weighted by atomic mass is 16.3. The summed E-state index contributed by atoms with van der Waals surface area (Å²) in [5.41, 5.74) is 0.975. The summed E-state index contributed by atoms with van der Waals surface area (Å²) in [6.45, 7) is 4.40. The second-order valence-electron chi connectivity index (χ2n) is 8.54. The lowest BCUT2D eigenvalue weighted by Gasteiger charge is -2.55. The molecule has 0 aromatic heterocycles. The first-order valence-corrected chi connectivity index (χ1v) is 8.82. The molecule has 4 rings (SSSR count). The van der Waals surface area contributed by atoms with Gasteiger partial charge in [0, 0.05) is 17.8 Å². The Hall–Kier alpha value is -0.960. The topological polar surface area (TPSA) is 54.4 Å². The smallest absolute Gasteiger partial charge is 0.159 e. The van der Waals surface area contributed by atoms with Crippen LogP contribution in [0.1, 0.15) is 58.8 Å². The number of allylic oxidation sites excluding steroid dienone is 1. The SMILES string of the molecule is C[C@]12CCC(O)CC1=CC(=O)[C@@H]1C2CC[C@]2(C)C(=O)CCC12. The van der Waals surface area contributed by atoms with E-state index < -0.39 is 0 Å². The number of carbonyl (C=O) groups excluding carboxylic acids is 2. The fourth-order valence-electron chi connectivity index (χ4n) is 6.16. The third-order valence-electron chi connectivity index (χ3n) is 7.63. The molecule has 0 bridgehead atoms.